The van der Waals surface area contributed by atoms with E-state index in [1.807, 2.05) is 26.3 Å². The Morgan fingerprint density at radius 3 is 2.79 bits per heavy atom. The monoisotopic (exact) mass is 284 g/mol. The van der Waals surface area contributed by atoms with Gasteiger partial charge in [-0.05, 0) is 20.8 Å². The fraction of sp³-hybridized carbons (Fsp3) is 0.692. The summed E-state index contributed by atoms with van der Waals surface area (Å²) < 4.78 is 10.9. The lowest BCUT2D eigenvalue weighted by Crippen LogP contribution is -2.48. The number of aryl methyl sites for hydroxylation is 1. The van der Waals surface area contributed by atoms with Crippen LogP contribution < -0.4 is 0 Å². The van der Waals surface area contributed by atoms with Crippen molar-refractivity contribution >= 4 is 17.4 Å². The molecule has 0 aromatic carbocycles. The fourth-order valence-electron chi connectivity index (χ4n) is 2.22. The Labute approximate surface area is 117 Å². The molecule has 1 aliphatic rings. The molecule has 2 rings (SSSR count). The van der Waals surface area contributed by atoms with Crippen LogP contribution in [0.15, 0.2) is 5.51 Å². The van der Waals surface area contributed by atoms with Crippen molar-refractivity contribution in [1.29, 1.82) is 0 Å². The van der Waals surface area contributed by atoms with Gasteiger partial charge in [0, 0.05) is 11.3 Å². The van der Waals surface area contributed by atoms with E-state index >= 15 is 0 Å². The van der Waals surface area contributed by atoms with Crippen LogP contribution in [0.4, 0.5) is 4.79 Å². The van der Waals surface area contributed by atoms with Gasteiger partial charge in [0.1, 0.15) is 0 Å². The average molecular weight is 284 g/mol. The summed E-state index contributed by atoms with van der Waals surface area (Å²) in [5.74, 6) is 0. The number of ether oxygens (including phenoxy) is 2. The van der Waals surface area contributed by atoms with E-state index in [-0.39, 0.29) is 18.3 Å². The van der Waals surface area contributed by atoms with Gasteiger partial charge in [-0.1, -0.05) is 0 Å². The third kappa shape index (κ3) is 3.91. The van der Waals surface area contributed by atoms with E-state index in [4.69, 9.17) is 9.47 Å². The van der Waals surface area contributed by atoms with E-state index in [2.05, 4.69) is 4.98 Å². The lowest BCUT2D eigenvalue weighted by atomic mass is 10.2. The Kier molecular flexibility index (Phi) is 4.76. The van der Waals surface area contributed by atoms with Crippen LogP contribution in [-0.2, 0) is 15.9 Å². The van der Waals surface area contributed by atoms with Gasteiger partial charge >= 0.3 is 6.09 Å². The molecular formula is C13H20N2O3S. The first kappa shape index (κ1) is 14.3. The van der Waals surface area contributed by atoms with Crippen molar-refractivity contribution in [3.63, 3.8) is 0 Å². The van der Waals surface area contributed by atoms with Gasteiger partial charge in [0.15, 0.2) is 0 Å². The number of hydrogen-bond donors (Lipinski definition) is 0. The largest absolute Gasteiger partial charge is 0.449 e. The smallest absolute Gasteiger partial charge is 0.409 e. The molecule has 2 heterocycles. The highest BCUT2D eigenvalue weighted by atomic mass is 32.1. The molecule has 0 aliphatic carbocycles. The Morgan fingerprint density at radius 2 is 2.21 bits per heavy atom. The number of rotatable bonds is 3. The molecule has 0 unspecified atom stereocenters. The molecule has 106 valence electrons. The van der Waals surface area contributed by atoms with Crippen LogP contribution in [0.5, 0.6) is 0 Å². The number of thiazole rings is 1. The van der Waals surface area contributed by atoms with Crippen molar-refractivity contribution in [2.24, 2.45) is 0 Å². The molecule has 1 saturated heterocycles. The molecule has 2 atom stereocenters. The molecule has 1 aromatic rings. The molecular weight excluding hydrogens is 264 g/mol. The topological polar surface area (TPSA) is 51.7 Å². The van der Waals surface area contributed by atoms with Crippen LogP contribution in [0.3, 0.4) is 0 Å². The van der Waals surface area contributed by atoms with Crippen molar-refractivity contribution in [2.75, 3.05) is 19.7 Å². The van der Waals surface area contributed by atoms with Gasteiger partial charge in [-0.3, -0.25) is 0 Å². The number of hydrogen-bond acceptors (Lipinski definition) is 5. The lowest BCUT2D eigenvalue weighted by molar-refractivity contribution is -0.0636. The summed E-state index contributed by atoms with van der Waals surface area (Å²) in [7, 11) is 0. The molecule has 0 radical (unpaired) electrons. The molecule has 0 bridgehead atoms. The highest BCUT2D eigenvalue weighted by Crippen LogP contribution is 2.14. The highest BCUT2D eigenvalue weighted by molar-refractivity contribution is 7.09. The van der Waals surface area contributed by atoms with E-state index < -0.39 is 0 Å². The van der Waals surface area contributed by atoms with Crippen LogP contribution >= 0.6 is 11.3 Å². The average Bonchev–Trinajstić information content (AvgIpc) is 2.74. The number of aromatic nitrogens is 1. The molecule has 1 aliphatic heterocycles. The van der Waals surface area contributed by atoms with Gasteiger partial charge in [0.25, 0.3) is 0 Å². The third-order valence-corrected chi connectivity index (χ3v) is 4.07. The van der Waals surface area contributed by atoms with Gasteiger partial charge < -0.3 is 14.4 Å². The number of amides is 1. The summed E-state index contributed by atoms with van der Waals surface area (Å²) in [5.41, 5.74) is 2.84. The van der Waals surface area contributed by atoms with Gasteiger partial charge in [0.05, 0.1) is 43.1 Å². The summed E-state index contributed by atoms with van der Waals surface area (Å²) >= 11 is 1.60. The molecule has 1 aromatic heterocycles. The minimum Gasteiger partial charge on any atom is -0.449 e. The molecule has 0 spiro atoms. The molecule has 5 nitrogen and oxygen atoms in total. The zero-order valence-corrected chi connectivity index (χ0v) is 12.4. The number of nitrogens with zero attached hydrogens (tertiary/aromatic N) is 2. The van der Waals surface area contributed by atoms with Crippen molar-refractivity contribution in [1.82, 2.24) is 9.88 Å². The lowest BCUT2D eigenvalue weighted by Gasteiger charge is -2.34. The maximum absolute atomic E-state index is 11.9. The van der Waals surface area contributed by atoms with Gasteiger partial charge in [-0.15, -0.1) is 11.3 Å². The predicted molar refractivity (Wildman–Crippen MR) is 73.5 cm³/mol. The van der Waals surface area contributed by atoms with Crippen LogP contribution in [0.2, 0.25) is 0 Å². The Hall–Kier alpha value is -1.14. The zero-order valence-electron chi connectivity index (χ0n) is 11.6. The highest BCUT2D eigenvalue weighted by Gasteiger charge is 2.26. The van der Waals surface area contributed by atoms with Crippen LogP contribution in [0, 0.1) is 6.92 Å². The second-order valence-electron chi connectivity index (χ2n) is 4.89. The number of carbonyl (C=O) groups excluding carboxylic acids is 1. The first-order valence-electron chi connectivity index (χ1n) is 6.52. The van der Waals surface area contributed by atoms with Crippen molar-refractivity contribution in [3.05, 3.63) is 16.1 Å². The fourth-order valence-corrected chi connectivity index (χ4v) is 2.98. The first-order chi connectivity index (χ1) is 9.06. The van der Waals surface area contributed by atoms with Crippen molar-refractivity contribution in [3.8, 4) is 0 Å². The molecule has 1 amide bonds. The van der Waals surface area contributed by atoms with E-state index in [1.165, 1.54) is 4.88 Å². The van der Waals surface area contributed by atoms with E-state index in [0.717, 1.165) is 12.1 Å². The summed E-state index contributed by atoms with van der Waals surface area (Å²) in [6, 6.07) is 0. The number of morpholine rings is 1. The van der Waals surface area contributed by atoms with Gasteiger partial charge in [0.2, 0.25) is 0 Å². The maximum atomic E-state index is 11.9. The molecule has 6 heteroatoms. The number of carbonyl (C=O) groups is 1. The SMILES string of the molecule is Cc1ncsc1CCOC(=O)N1C[C@@H](C)O[C@@H](C)C1. The van der Waals surface area contributed by atoms with Crippen LogP contribution in [-0.4, -0.2) is 47.9 Å². The molecule has 1 fully saturated rings. The Bertz CT molecular complexity index is 425. The zero-order chi connectivity index (χ0) is 13.8. The summed E-state index contributed by atoms with van der Waals surface area (Å²) in [5, 5.41) is 0. The predicted octanol–water partition coefficient (Wildman–Crippen LogP) is 2.24. The summed E-state index contributed by atoms with van der Waals surface area (Å²) in [6.45, 7) is 7.51. The standard InChI is InChI=1S/C13H20N2O3S/c1-9-6-15(7-10(2)18-9)13(16)17-5-4-12-11(3)14-8-19-12/h8-10H,4-7H2,1-3H3/t9-,10+. The van der Waals surface area contributed by atoms with Crippen LogP contribution in [0.1, 0.15) is 24.4 Å². The second-order valence-corrected chi connectivity index (χ2v) is 5.83. The Balaban J connectivity index is 1.76. The second kappa shape index (κ2) is 6.34. The minimum absolute atomic E-state index is 0.0695. The first-order valence-corrected chi connectivity index (χ1v) is 7.40. The van der Waals surface area contributed by atoms with Crippen molar-refractivity contribution < 1.29 is 14.3 Å². The van der Waals surface area contributed by atoms with Gasteiger partial charge in [-0.2, -0.15) is 0 Å². The molecule has 19 heavy (non-hydrogen) atoms. The van der Waals surface area contributed by atoms with Gasteiger partial charge in [-0.25, -0.2) is 9.78 Å². The van der Waals surface area contributed by atoms with Crippen molar-refractivity contribution in [2.45, 2.75) is 39.4 Å². The maximum Gasteiger partial charge on any atom is 0.409 e. The summed E-state index contributed by atoms with van der Waals surface area (Å²) in [6.07, 6.45) is 0.627. The van der Waals surface area contributed by atoms with E-state index in [9.17, 15) is 4.79 Å². The van der Waals surface area contributed by atoms with E-state index in [1.54, 1.807) is 16.2 Å². The quantitative estimate of drug-likeness (QED) is 0.854. The van der Waals surface area contributed by atoms with Crippen LogP contribution in [0.25, 0.3) is 0 Å². The third-order valence-electron chi connectivity index (χ3n) is 3.08. The Morgan fingerprint density at radius 1 is 1.53 bits per heavy atom. The normalized spacial score (nSPS) is 23.4. The summed E-state index contributed by atoms with van der Waals surface area (Å²) in [4.78, 5) is 19.0. The molecule has 0 N–H and O–H groups in total. The van der Waals surface area contributed by atoms with E-state index in [0.29, 0.717) is 19.7 Å². The minimum atomic E-state index is -0.246. The molecule has 0 saturated carbocycles.